The van der Waals surface area contributed by atoms with Crippen molar-refractivity contribution in [1.82, 2.24) is 26.6 Å². The molecule has 0 bridgehead atoms. The molecule has 16 heteroatoms. The summed E-state index contributed by atoms with van der Waals surface area (Å²) in [5.41, 5.74) is 12.7. The third kappa shape index (κ3) is 14.9. The van der Waals surface area contributed by atoms with Crippen LogP contribution >= 0.6 is 0 Å². The van der Waals surface area contributed by atoms with Crippen molar-refractivity contribution in [2.24, 2.45) is 17.4 Å². The Morgan fingerprint density at radius 1 is 0.585 bits per heavy atom. The summed E-state index contributed by atoms with van der Waals surface area (Å²) < 4.78 is 0. The third-order valence-corrected chi connectivity index (χ3v) is 8.52. The number of hydrogen-bond donors (Lipinski definition) is 10. The topological polar surface area (TPSA) is 275 Å². The average Bonchev–Trinajstić information content (AvgIpc) is 3.11. The second kappa shape index (κ2) is 22.2. The van der Waals surface area contributed by atoms with Crippen molar-refractivity contribution in [3.8, 4) is 0 Å². The molecule has 0 aliphatic heterocycles. The molecule has 0 heterocycles. The van der Waals surface area contributed by atoms with Crippen molar-refractivity contribution in [1.29, 1.82) is 0 Å². The van der Waals surface area contributed by atoms with E-state index in [1.54, 1.807) is 74.5 Å². The van der Waals surface area contributed by atoms with Gasteiger partial charge >= 0.3 is 5.97 Å². The smallest absolute Gasteiger partial charge is 0.326 e. The molecule has 0 spiro atoms. The Morgan fingerprint density at radius 2 is 1.04 bits per heavy atom. The molecule has 12 N–H and O–H groups in total. The summed E-state index contributed by atoms with van der Waals surface area (Å²) in [7, 11) is 0. The van der Waals surface area contributed by atoms with Crippen molar-refractivity contribution in [3.05, 3.63) is 71.8 Å². The number of hydrogen-bond acceptors (Lipinski definition) is 10. The maximum absolute atomic E-state index is 13.9. The van der Waals surface area contributed by atoms with Gasteiger partial charge in [0.2, 0.25) is 29.5 Å². The summed E-state index contributed by atoms with van der Waals surface area (Å²) in [6, 6.07) is 9.49. The predicted octanol–water partition coefficient (Wildman–Crippen LogP) is -1.15. The molecule has 8 atom stereocenters. The molecule has 16 nitrogen and oxygen atoms in total. The molecule has 2 aromatic rings. The minimum Gasteiger partial charge on any atom is -0.480 e. The number of aliphatic hydroxyl groups excluding tert-OH is 2. The number of amides is 5. The van der Waals surface area contributed by atoms with Crippen LogP contribution in [0.5, 0.6) is 0 Å². The number of rotatable bonds is 22. The van der Waals surface area contributed by atoms with Crippen LogP contribution in [-0.2, 0) is 41.6 Å². The molecule has 0 aliphatic rings. The monoisotopic (exact) mass is 741 g/mol. The molecule has 0 saturated carbocycles. The van der Waals surface area contributed by atoms with E-state index in [1.807, 2.05) is 0 Å². The van der Waals surface area contributed by atoms with Gasteiger partial charge in [0, 0.05) is 12.8 Å². The molecule has 292 valence electrons. The highest BCUT2D eigenvalue weighted by atomic mass is 16.4. The van der Waals surface area contributed by atoms with Gasteiger partial charge in [0.15, 0.2) is 0 Å². The highest BCUT2D eigenvalue weighted by Gasteiger charge is 2.35. The van der Waals surface area contributed by atoms with E-state index in [4.69, 9.17) is 11.5 Å². The summed E-state index contributed by atoms with van der Waals surface area (Å²) in [4.78, 5) is 79.1. The average molecular weight is 742 g/mol. The second-order valence-corrected chi connectivity index (χ2v) is 13.4. The number of aliphatic hydroxyl groups is 2. The first-order valence-corrected chi connectivity index (χ1v) is 17.7. The first-order chi connectivity index (χ1) is 25.0. The highest BCUT2D eigenvalue weighted by molar-refractivity contribution is 5.96. The van der Waals surface area contributed by atoms with Crippen LogP contribution in [-0.4, -0.2) is 106 Å². The number of carboxylic acid groups (broad SMARTS) is 1. The minimum absolute atomic E-state index is 0.000764. The normalized spacial score (nSPS) is 15.7. The molecule has 0 fully saturated rings. The zero-order chi connectivity index (χ0) is 39.7. The van der Waals surface area contributed by atoms with E-state index in [2.05, 4.69) is 26.6 Å². The zero-order valence-electron chi connectivity index (χ0n) is 30.7. The van der Waals surface area contributed by atoms with E-state index < -0.39 is 89.9 Å². The van der Waals surface area contributed by atoms with Crippen LogP contribution in [0.3, 0.4) is 0 Å². The van der Waals surface area contributed by atoms with Gasteiger partial charge in [-0.1, -0.05) is 74.5 Å². The second-order valence-electron chi connectivity index (χ2n) is 13.4. The fourth-order valence-corrected chi connectivity index (χ4v) is 5.33. The van der Waals surface area contributed by atoms with Crippen LogP contribution in [0.4, 0.5) is 0 Å². The first-order valence-electron chi connectivity index (χ1n) is 17.7. The Hall–Kier alpha value is -4.90. The number of benzene rings is 2. The maximum atomic E-state index is 13.9. The van der Waals surface area contributed by atoms with Gasteiger partial charge in [-0.05, 0) is 56.7 Å². The van der Waals surface area contributed by atoms with Gasteiger partial charge in [-0.25, -0.2) is 4.79 Å². The number of aliphatic carboxylic acids is 1. The standard InChI is InChI=1S/C37H55N7O9/c1-21(2)30(43-34(49)29(39)22(3)45)35(50)44-31(23(4)46)36(51)41-27(19-24-13-7-5-8-14-24)33(48)40-26(17-11-12-18-38)32(47)42-28(37(52)53)20-25-15-9-6-10-16-25/h5-10,13-16,21-23,26-31,45-46H,11-12,17-20,38-39H2,1-4H3,(H,40,48)(H,41,51)(H,42,47)(H,43,49)(H,44,50)(H,52,53)/t22-,23-,26+,27+,28+,29+,30+,31+/m1/s1. The number of carbonyl (C=O) groups is 6. The highest BCUT2D eigenvalue weighted by Crippen LogP contribution is 2.10. The van der Waals surface area contributed by atoms with Gasteiger partial charge in [-0.15, -0.1) is 0 Å². The van der Waals surface area contributed by atoms with E-state index in [-0.39, 0.29) is 19.3 Å². The molecule has 0 unspecified atom stereocenters. The summed E-state index contributed by atoms with van der Waals surface area (Å²) in [6.45, 7) is 6.17. The Bertz CT molecular complexity index is 1490. The Kier molecular flexibility index (Phi) is 18.6. The SMILES string of the molecule is CC(C)[C@H](NC(=O)[C@@H](N)[C@@H](C)O)C(=O)N[C@H](C(=O)N[C@@H](Cc1ccccc1)C(=O)N[C@@H](CCCCN)C(=O)N[C@@H](Cc1ccccc1)C(=O)O)[C@@H](C)O. The van der Waals surface area contributed by atoms with Crippen LogP contribution in [0.2, 0.25) is 0 Å². The number of unbranched alkanes of at least 4 members (excludes halogenated alkanes) is 1. The molecule has 0 aromatic heterocycles. The number of carboxylic acids is 1. The van der Waals surface area contributed by atoms with Crippen molar-refractivity contribution in [2.45, 2.75) is 108 Å². The zero-order valence-corrected chi connectivity index (χ0v) is 30.7. The van der Waals surface area contributed by atoms with E-state index in [0.717, 1.165) is 0 Å². The fourth-order valence-electron chi connectivity index (χ4n) is 5.33. The van der Waals surface area contributed by atoms with Gasteiger partial charge in [0.1, 0.15) is 36.3 Å². The quantitative estimate of drug-likeness (QED) is 0.0644. The maximum Gasteiger partial charge on any atom is 0.326 e. The van der Waals surface area contributed by atoms with E-state index in [0.29, 0.717) is 30.5 Å². The lowest BCUT2D eigenvalue weighted by Crippen LogP contribution is -2.62. The lowest BCUT2D eigenvalue weighted by Gasteiger charge is -2.29. The predicted molar refractivity (Wildman–Crippen MR) is 197 cm³/mol. The minimum atomic E-state index is -1.59. The van der Waals surface area contributed by atoms with Crippen LogP contribution in [0.1, 0.15) is 58.1 Å². The number of carbonyl (C=O) groups excluding carboxylic acids is 5. The molecule has 0 radical (unpaired) electrons. The molecule has 53 heavy (non-hydrogen) atoms. The van der Waals surface area contributed by atoms with E-state index in [9.17, 15) is 44.1 Å². The van der Waals surface area contributed by atoms with Crippen molar-refractivity contribution in [2.75, 3.05) is 6.54 Å². The molecule has 2 aromatic carbocycles. The van der Waals surface area contributed by atoms with Crippen molar-refractivity contribution in [3.63, 3.8) is 0 Å². The van der Waals surface area contributed by atoms with Crippen LogP contribution in [0.25, 0.3) is 0 Å². The summed E-state index contributed by atoms with van der Waals surface area (Å²) in [6.07, 6.45) is -1.65. The van der Waals surface area contributed by atoms with Gasteiger partial charge in [0.25, 0.3) is 0 Å². The Morgan fingerprint density at radius 3 is 1.51 bits per heavy atom. The van der Waals surface area contributed by atoms with Gasteiger partial charge in [-0.3, -0.25) is 24.0 Å². The first kappa shape index (κ1) is 44.3. The van der Waals surface area contributed by atoms with Gasteiger partial charge < -0.3 is 53.4 Å². The molecule has 2 rings (SSSR count). The third-order valence-electron chi connectivity index (χ3n) is 8.52. The number of nitrogens with two attached hydrogens (primary N) is 2. The largest absolute Gasteiger partial charge is 0.480 e. The lowest BCUT2D eigenvalue weighted by molar-refractivity contribution is -0.142. The summed E-state index contributed by atoms with van der Waals surface area (Å²) in [5, 5.41) is 42.8. The summed E-state index contributed by atoms with van der Waals surface area (Å²) in [5.74, 6) is -5.83. The lowest BCUT2D eigenvalue weighted by atomic mass is 10.0. The van der Waals surface area contributed by atoms with Crippen molar-refractivity contribution < 1.29 is 44.1 Å². The Labute approximate surface area is 309 Å². The summed E-state index contributed by atoms with van der Waals surface area (Å²) >= 11 is 0. The van der Waals surface area contributed by atoms with Crippen molar-refractivity contribution >= 4 is 35.5 Å². The molecular weight excluding hydrogens is 686 g/mol. The molecule has 5 amide bonds. The fraction of sp³-hybridized carbons (Fsp3) is 0.514. The molecular formula is C37H55N7O9. The van der Waals surface area contributed by atoms with Crippen LogP contribution in [0.15, 0.2) is 60.7 Å². The Balaban J connectivity index is 2.33. The molecule has 0 saturated heterocycles. The van der Waals surface area contributed by atoms with Crippen LogP contribution < -0.4 is 38.1 Å². The van der Waals surface area contributed by atoms with E-state index >= 15 is 0 Å². The van der Waals surface area contributed by atoms with Crippen LogP contribution in [0, 0.1) is 5.92 Å². The molecule has 0 aliphatic carbocycles. The van der Waals surface area contributed by atoms with Gasteiger partial charge in [0.05, 0.1) is 12.2 Å². The van der Waals surface area contributed by atoms with Gasteiger partial charge in [-0.2, -0.15) is 0 Å². The number of nitrogens with one attached hydrogen (secondary N) is 5. The van der Waals surface area contributed by atoms with E-state index in [1.165, 1.54) is 13.8 Å².